The zero-order chi connectivity index (χ0) is 15.0. The Morgan fingerprint density at radius 3 is 2.80 bits per heavy atom. The lowest BCUT2D eigenvalue weighted by atomic mass is 9.95. The van der Waals surface area contributed by atoms with E-state index in [1.54, 1.807) is 7.11 Å². The molecule has 3 unspecified atom stereocenters. The second-order valence-corrected chi connectivity index (χ2v) is 5.56. The number of carbonyl (C=O) groups excluding carboxylic acids is 1. The molecule has 0 aromatic heterocycles. The SMILES string of the molecule is CCCNC(CN1CCC(C)C(OC)C1)C(=O)OCC. The fourth-order valence-corrected chi connectivity index (χ4v) is 2.61. The number of esters is 1. The van der Waals surface area contributed by atoms with E-state index < -0.39 is 0 Å². The van der Waals surface area contributed by atoms with Crippen molar-refractivity contribution in [3.05, 3.63) is 0 Å². The summed E-state index contributed by atoms with van der Waals surface area (Å²) in [6.07, 6.45) is 2.38. The van der Waals surface area contributed by atoms with Gasteiger partial charge in [0.05, 0.1) is 12.7 Å². The molecule has 0 radical (unpaired) electrons. The molecule has 1 heterocycles. The molecule has 20 heavy (non-hydrogen) atoms. The highest BCUT2D eigenvalue weighted by molar-refractivity contribution is 5.76. The van der Waals surface area contributed by atoms with Gasteiger partial charge < -0.3 is 14.8 Å². The highest BCUT2D eigenvalue weighted by Gasteiger charge is 2.29. The fraction of sp³-hybridized carbons (Fsp3) is 0.933. The summed E-state index contributed by atoms with van der Waals surface area (Å²) >= 11 is 0. The summed E-state index contributed by atoms with van der Waals surface area (Å²) in [5.74, 6) is 0.439. The summed E-state index contributed by atoms with van der Waals surface area (Å²) < 4.78 is 10.7. The van der Waals surface area contributed by atoms with Crippen molar-refractivity contribution < 1.29 is 14.3 Å². The smallest absolute Gasteiger partial charge is 0.324 e. The molecule has 1 aliphatic heterocycles. The molecule has 0 aliphatic carbocycles. The van der Waals surface area contributed by atoms with Gasteiger partial charge in [-0.25, -0.2) is 0 Å². The van der Waals surface area contributed by atoms with Gasteiger partial charge in [0.25, 0.3) is 0 Å². The first-order valence-electron chi connectivity index (χ1n) is 7.77. The third kappa shape index (κ3) is 5.38. The highest BCUT2D eigenvalue weighted by Crippen LogP contribution is 2.19. The van der Waals surface area contributed by atoms with Crippen molar-refractivity contribution in [2.75, 3.05) is 39.9 Å². The number of methoxy groups -OCH3 is 1. The maximum atomic E-state index is 12.0. The molecule has 1 aliphatic rings. The van der Waals surface area contributed by atoms with Crippen molar-refractivity contribution in [3.8, 4) is 0 Å². The van der Waals surface area contributed by atoms with Gasteiger partial charge >= 0.3 is 5.97 Å². The predicted molar refractivity (Wildman–Crippen MR) is 79.7 cm³/mol. The minimum atomic E-state index is -0.235. The summed E-state index contributed by atoms with van der Waals surface area (Å²) in [4.78, 5) is 14.3. The summed E-state index contributed by atoms with van der Waals surface area (Å²) in [6.45, 7) is 10.0. The first-order chi connectivity index (χ1) is 9.62. The lowest BCUT2D eigenvalue weighted by molar-refractivity contribution is -0.146. The molecule has 1 saturated heterocycles. The van der Waals surface area contributed by atoms with Crippen LogP contribution in [0, 0.1) is 5.92 Å². The molecule has 5 nitrogen and oxygen atoms in total. The van der Waals surface area contributed by atoms with E-state index in [1.165, 1.54) is 0 Å². The van der Waals surface area contributed by atoms with Crippen LogP contribution in [0.5, 0.6) is 0 Å². The zero-order valence-electron chi connectivity index (χ0n) is 13.4. The van der Waals surface area contributed by atoms with E-state index in [9.17, 15) is 4.79 Å². The van der Waals surface area contributed by atoms with Gasteiger partial charge in [-0.15, -0.1) is 0 Å². The molecule has 0 bridgehead atoms. The number of nitrogens with one attached hydrogen (secondary N) is 1. The average molecular weight is 286 g/mol. The first kappa shape index (κ1) is 17.4. The molecule has 0 spiro atoms. The van der Waals surface area contributed by atoms with Crippen molar-refractivity contribution >= 4 is 5.97 Å². The Bertz CT molecular complexity index is 286. The second kappa shape index (κ2) is 9.32. The standard InChI is InChI=1S/C15H30N2O3/c1-5-8-16-13(15(18)20-6-2)10-17-9-7-12(3)14(11-17)19-4/h12-14,16H,5-11H2,1-4H3. The monoisotopic (exact) mass is 286 g/mol. The number of likely N-dealkylation sites (tertiary alicyclic amines) is 1. The summed E-state index contributed by atoms with van der Waals surface area (Å²) in [5, 5.41) is 3.29. The van der Waals surface area contributed by atoms with Crippen LogP contribution in [0.2, 0.25) is 0 Å². The third-order valence-electron chi connectivity index (χ3n) is 3.93. The third-order valence-corrected chi connectivity index (χ3v) is 3.93. The zero-order valence-corrected chi connectivity index (χ0v) is 13.4. The van der Waals surface area contributed by atoms with E-state index >= 15 is 0 Å². The molecule has 118 valence electrons. The molecule has 0 aromatic carbocycles. The van der Waals surface area contributed by atoms with Crippen molar-refractivity contribution in [2.45, 2.75) is 45.8 Å². The van der Waals surface area contributed by atoms with E-state index in [1.807, 2.05) is 6.92 Å². The van der Waals surface area contributed by atoms with Crippen LogP contribution in [-0.4, -0.2) is 62.9 Å². The maximum absolute atomic E-state index is 12.0. The van der Waals surface area contributed by atoms with Gasteiger partial charge in [-0.1, -0.05) is 13.8 Å². The van der Waals surface area contributed by atoms with Gasteiger partial charge in [-0.05, 0) is 38.8 Å². The topological polar surface area (TPSA) is 50.8 Å². The van der Waals surface area contributed by atoms with E-state index in [4.69, 9.17) is 9.47 Å². The molecule has 1 rings (SSSR count). The minimum Gasteiger partial charge on any atom is -0.465 e. The lowest BCUT2D eigenvalue weighted by Crippen LogP contribution is -2.52. The van der Waals surface area contributed by atoms with E-state index in [-0.39, 0.29) is 18.1 Å². The molecular weight excluding hydrogens is 256 g/mol. The summed E-state index contributed by atoms with van der Waals surface area (Å²) in [7, 11) is 1.77. The molecule has 1 N–H and O–H groups in total. The average Bonchev–Trinajstić information content (AvgIpc) is 2.45. The van der Waals surface area contributed by atoms with Crippen LogP contribution in [0.15, 0.2) is 0 Å². The van der Waals surface area contributed by atoms with Crippen LogP contribution in [0.25, 0.3) is 0 Å². The van der Waals surface area contributed by atoms with Crippen LogP contribution >= 0.6 is 0 Å². The molecule has 0 aromatic rings. The Morgan fingerprint density at radius 2 is 2.20 bits per heavy atom. The summed E-state index contributed by atoms with van der Waals surface area (Å²) in [6, 6.07) is -0.235. The van der Waals surface area contributed by atoms with E-state index in [0.29, 0.717) is 19.1 Å². The Balaban J connectivity index is 2.53. The number of rotatable bonds is 8. The van der Waals surface area contributed by atoms with Gasteiger partial charge in [0.15, 0.2) is 0 Å². The van der Waals surface area contributed by atoms with Crippen molar-refractivity contribution in [3.63, 3.8) is 0 Å². The van der Waals surface area contributed by atoms with Crippen LogP contribution in [0.1, 0.15) is 33.6 Å². The molecule has 0 saturated carbocycles. The van der Waals surface area contributed by atoms with Gasteiger partial charge in [0.2, 0.25) is 0 Å². The number of ether oxygens (including phenoxy) is 2. The quantitative estimate of drug-likeness (QED) is 0.681. The van der Waals surface area contributed by atoms with Gasteiger partial charge in [-0.3, -0.25) is 9.69 Å². The Labute approximate surface area is 123 Å². The number of piperidine rings is 1. The largest absolute Gasteiger partial charge is 0.465 e. The van der Waals surface area contributed by atoms with Crippen LogP contribution < -0.4 is 5.32 Å². The molecular formula is C15H30N2O3. The maximum Gasteiger partial charge on any atom is 0.324 e. The van der Waals surface area contributed by atoms with Gasteiger partial charge in [0.1, 0.15) is 6.04 Å². The molecule has 0 amide bonds. The van der Waals surface area contributed by atoms with Crippen LogP contribution in [0.3, 0.4) is 0 Å². The van der Waals surface area contributed by atoms with Crippen molar-refractivity contribution in [1.82, 2.24) is 10.2 Å². The fourth-order valence-electron chi connectivity index (χ4n) is 2.61. The Hall–Kier alpha value is -0.650. The number of hydrogen-bond acceptors (Lipinski definition) is 5. The number of nitrogens with zero attached hydrogens (tertiary/aromatic N) is 1. The lowest BCUT2D eigenvalue weighted by Gasteiger charge is -2.37. The number of carbonyl (C=O) groups is 1. The molecule has 3 atom stereocenters. The first-order valence-corrected chi connectivity index (χ1v) is 7.77. The van der Waals surface area contributed by atoms with Crippen molar-refractivity contribution in [1.29, 1.82) is 0 Å². The van der Waals surface area contributed by atoms with Gasteiger partial charge in [-0.2, -0.15) is 0 Å². The van der Waals surface area contributed by atoms with Gasteiger partial charge in [0, 0.05) is 20.2 Å². The minimum absolute atomic E-state index is 0.145. The normalized spacial score (nSPS) is 25.4. The predicted octanol–water partition coefficient (Wildman–Crippen LogP) is 1.27. The highest BCUT2D eigenvalue weighted by atomic mass is 16.5. The van der Waals surface area contributed by atoms with Crippen LogP contribution in [0.4, 0.5) is 0 Å². The summed E-state index contributed by atoms with van der Waals surface area (Å²) in [5.41, 5.74) is 0. The Morgan fingerprint density at radius 1 is 1.45 bits per heavy atom. The molecule has 5 heteroatoms. The molecule has 1 fully saturated rings. The van der Waals surface area contributed by atoms with E-state index in [0.717, 1.165) is 32.5 Å². The second-order valence-electron chi connectivity index (χ2n) is 5.56. The van der Waals surface area contributed by atoms with E-state index in [2.05, 4.69) is 24.1 Å². The number of hydrogen-bond donors (Lipinski definition) is 1. The van der Waals surface area contributed by atoms with Crippen molar-refractivity contribution in [2.24, 2.45) is 5.92 Å². The van der Waals surface area contributed by atoms with Crippen LogP contribution in [-0.2, 0) is 14.3 Å². The Kier molecular flexibility index (Phi) is 8.11.